The van der Waals surface area contributed by atoms with Crippen LogP contribution in [0.25, 0.3) is 0 Å². The number of hydrogen-bond acceptors (Lipinski definition) is 3. The molecule has 0 bridgehead atoms. The number of benzene rings is 1. The highest BCUT2D eigenvalue weighted by Crippen LogP contribution is 2.33. The predicted octanol–water partition coefficient (Wildman–Crippen LogP) is 2.68. The molecule has 4 rings (SSSR count). The van der Waals surface area contributed by atoms with Crippen LogP contribution in [0.1, 0.15) is 35.0 Å². The van der Waals surface area contributed by atoms with Gasteiger partial charge in [-0.2, -0.15) is 5.10 Å². The maximum Gasteiger partial charge on any atom is 0.261 e. The molecule has 1 unspecified atom stereocenters. The lowest BCUT2D eigenvalue weighted by atomic mass is 9.96. The van der Waals surface area contributed by atoms with E-state index in [0.29, 0.717) is 5.92 Å². The summed E-state index contributed by atoms with van der Waals surface area (Å²) in [5, 5.41) is 4.42. The van der Waals surface area contributed by atoms with Crippen molar-refractivity contribution < 1.29 is 9.53 Å². The first-order valence-electron chi connectivity index (χ1n) is 8.21. The van der Waals surface area contributed by atoms with E-state index in [0.717, 1.165) is 55.0 Å². The van der Waals surface area contributed by atoms with Crippen LogP contribution in [0.3, 0.4) is 0 Å². The highest BCUT2D eigenvalue weighted by Gasteiger charge is 2.30. The van der Waals surface area contributed by atoms with E-state index in [2.05, 4.69) is 12.0 Å². The zero-order valence-electron chi connectivity index (χ0n) is 13.6. The number of anilines is 1. The van der Waals surface area contributed by atoms with Crippen LogP contribution in [0.5, 0.6) is 5.75 Å². The van der Waals surface area contributed by atoms with Crippen LogP contribution < -0.4 is 9.64 Å². The number of hydrogen-bond donors (Lipinski definition) is 0. The van der Waals surface area contributed by atoms with Gasteiger partial charge in [0.05, 0.1) is 24.6 Å². The Bertz CT molecular complexity index is 766. The molecule has 2 aliphatic heterocycles. The number of aryl methyl sites for hydroxylation is 1. The van der Waals surface area contributed by atoms with Crippen molar-refractivity contribution in [3.05, 3.63) is 41.2 Å². The molecule has 0 aliphatic carbocycles. The first-order valence-corrected chi connectivity index (χ1v) is 8.21. The molecule has 0 saturated carbocycles. The average molecular weight is 311 g/mol. The van der Waals surface area contributed by atoms with E-state index < -0.39 is 0 Å². The van der Waals surface area contributed by atoms with Gasteiger partial charge in [-0.3, -0.25) is 9.48 Å². The monoisotopic (exact) mass is 311 g/mol. The summed E-state index contributed by atoms with van der Waals surface area (Å²) < 4.78 is 7.28. The van der Waals surface area contributed by atoms with Crippen LogP contribution in [-0.4, -0.2) is 29.3 Å². The van der Waals surface area contributed by atoms with Crippen molar-refractivity contribution in [2.75, 3.05) is 18.6 Å². The molecular formula is C18H21N3O2. The molecule has 0 spiro atoms. The van der Waals surface area contributed by atoms with E-state index in [1.54, 1.807) is 13.3 Å². The van der Waals surface area contributed by atoms with E-state index >= 15 is 0 Å². The lowest BCUT2D eigenvalue weighted by Crippen LogP contribution is -2.30. The Labute approximate surface area is 135 Å². The minimum Gasteiger partial charge on any atom is -0.497 e. The van der Waals surface area contributed by atoms with Crippen molar-refractivity contribution in [1.82, 2.24) is 9.78 Å². The van der Waals surface area contributed by atoms with Gasteiger partial charge in [-0.15, -0.1) is 0 Å². The lowest BCUT2D eigenvalue weighted by molar-refractivity contribution is 0.0987. The second kappa shape index (κ2) is 5.41. The van der Waals surface area contributed by atoms with E-state index in [1.165, 1.54) is 5.56 Å². The molecule has 1 atom stereocenters. The molecule has 2 aliphatic rings. The zero-order valence-corrected chi connectivity index (χ0v) is 13.6. The summed E-state index contributed by atoms with van der Waals surface area (Å²) in [4.78, 5) is 14.9. The van der Waals surface area contributed by atoms with E-state index in [1.807, 2.05) is 27.8 Å². The Morgan fingerprint density at radius 1 is 1.35 bits per heavy atom. The molecule has 0 N–H and O–H groups in total. The van der Waals surface area contributed by atoms with Crippen molar-refractivity contribution in [1.29, 1.82) is 0 Å². The van der Waals surface area contributed by atoms with Gasteiger partial charge in [-0.25, -0.2) is 0 Å². The summed E-state index contributed by atoms with van der Waals surface area (Å²) in [6, 6.07) is 5.93. The van der Waals surface area contributed by atoms with Crippen molar-refractivity contribution in [3.8, 4) is 5.75 Å². The highest BCUT2D eigenvalue weighted by molar-refractivity contribution is 6.08. The largest absolute Gasteiger partial charge is 0.497 e. The molecule has 2 aromatic rings. The predicted molar refractivity (Wildman–Crippen MR) is 88.1 cm³/mol. The highest BCUT2D eigenvalue weighted by atomic mass is 16.5. The summed E-state index contributed by atoms with van der Waals surface area (Å²) in [6.45, 7) is 3.88. The topological polar surface area (TPSA) is 47.4 Å². The second-order valence-corrected chi connectivity index (χ2v) is 6.53. The van der Waals surface area contributed by atoms with Crippen LogP contribution in [0.2, 0.25) is 0 Å². The van der Waals surface area contributed by atoms with E-state index in [9.17, 15) is 4.79 Å². The number of rotatable bonds is 2. The summed E-state index contributed by atoms with van der Waals surface area (Å²) in [5.74, 6) is 1.53. The molecule has 1 aromatic carbocycles. The van der Waals surface area contributed by atoms with Gasteiger partial charge in [0, 0.05) is 18.8 Å². The smallest absolute Gasteiger partial charge is 0.261 e. The number of fused-ring (bicyclic) bond motifs is 2. The van der Waals surface area contributed by atoms with Crippen molar-refractivity contribution >= 4 is 11.6 Å². The normalized spacial score (nSPS) is 19.4. The van der Waals surface area contributed by atoms with Crippen LogP contribution in [0.4, 0.5) is 5.69 Å². The number of ether oxygens (including phenoxy) is 1. The van der Waals surface area contributed by atoms with Crippen molar-refractivity contribution in [2.24, 2.45) is 5.92 Å². The molecule has 1 aromatic heterocycles. The fraction of sp³-hybridized carbons (Fsp3) is 0.444. The molecule has 23 heavy (non-hydrogen) atoms. The van der Waals surface area contributed by atoms with Crippen molar-refractivity contribution in [2.45, 2.75) is 32.7 Å². The van der Waals surface area contributed by atoms with Crippen molar-refractivity contribution in [3.63, 3.8) is 0 Å². The molecular weight excluding hydrogens is 290 g/mol. The average Bonchev–Trinajstić information content (AvgIpc) is 3.17. The Morgan fingerprint density at radius 3 is 3.04 bits per heavy atom. The van der Waals surface area contributed by atoms with Gasteiger partial charge in [-0.05, 0) is 48.9 Å². The summed E-state index contributed by atoms with van der Waals surface area (Å²) >= 11 is 0. The minimum atomic E-state index is 0.0734. The second-order valence-electron chi connectivity index (χ2n) is 6.53. The van der Waals surface area contributed by atoms with Gasteiger partial charge in [0.25, 0.3) is 5.91 Å². The fourth-order valence-electron chi connectivity index (χ4n) is 3.63. The quantitative estimate of drug-likeness (QED) is 0.856. The molecule has 1 amide bonds. The lowest BCUT2D eigenvalue weighted by Gasteiger charge is -2.22. The van der Waals surface area contributed by atoms with Gasteiger partial charge in [0.15, 0.2) is 0 Å². The number of carbonyl (C=O) groups is 1. The van der Waals surface area contributed by atoms with E-state index in [-0.39, 0.29) is 5.91 Å². The Hall–Kier alpha value is -2.30. The standard InChI is InChI=1S/C18H21N3O2/c1-12-5-8-21-17(9-12)15(11-19-21)18(22)20-7-6-13-10-14(23-2)3-4-16(13)20/h3-4,10-12H,5-9H2,1-2H3. The maximum absolute atomic E-state index is 13.0. The van der Waals surface area contributed by atoms with Crippen LogP contribution in [0, 0.1) is 5.92 Å². The SMILES string of the molecule is COc1ccc2c(c1)CCN2C(=O)c1cnn2c1CC(C)CC2. The number of nitrogens with zero attached hydrogens (tertiary/aromatic N) is 3. The van der Waals surface area contributed by atoms with E-state index in [4.69, 9.17) is 4.74 Å². The molecule has 3 heterocycles. The number of methoxy groups -OCH3 is 1. The Morgan fingerprint density at radius 2 is 2.22 bits per heavy atom. The Kier molecular flexibility index (Phi) is 3.36. The van der Waals surface area contributed by atoms with Gasteiger partial charge >= 0.3 is 0 Å². The third-order valence-electron chi connectivity index (χ3n) is 4.98. The zero-order chi connectivity index (χ0) is 16.0. The van der Waals surface area contributed by atoms with Crippen LogP contribution in [0.15, 0.2) is 24.4 Å². The first kappa shape index (κ1) is 14.3. The van der Waals surface area contributed by atoms with Crippen LogP contribution >= 0.6 is 0 Å². The van der Waals surface area contributed by atoms with Gasteiger partial charge in [0.1, 0.15) is 5.75 Å². The van der Waals surface area contributed by atoms with Crippen LogP contribution in [-0.2, 0) is 19.4 Å². The molecule has 0 radical (unpaired) electrons. The Balaban J connectivity index is 1.66. The number of aromatic nitrogens is 2. The minimum absolute atomic E-state index is 0.0734. The maximum atomic E-state index is 13.0. The summed E-state index contributed by atoms with van der Waals surface area (Å²) in [6.07, 6.45) is 4.69. The molecule has 0 saturated heterocycles. The molecule has 5 nitrogen and oxygen atoms in total. The molecule has 0 fully saturated rings. The molecule has 5 heteroatoms. The first-order chi connectivity index (χ1) is 11.2. The summed E-state index contributed by atoms with van der Waals surface area (Å²) in [7, 11) is 1.67. The number of amides is 1. The third kappa shape index (κ3) is 2.31. The number of carbonyl (C=O) groups excluding carboxylic acids is 1. The summed E-state index contributed by atoms with van der Waals surface area (Å²) in [5.41, 5.74) is 4.03. The fourth-order valence-corrected chi connectivity index (χ4v) is 3.63. The third-order valence-corrected chi connectivity index (χ3v) is 4.98. The van der Waals surface area contributed by atoms with Gasteiger partial charge < -0.3 is 9.64 Å². The molecule has 120 valence electrons. The van der Waals surface area contributed by atoms with Gasteiger partial charge in [-0.1, -0.05) is 6.92 Å². The van der Waals surface area contributed by atoms with Gasteiger partial charge in [0.2, 0.25) is 0 Å².